The van der Waals surface area contributed by atoms with Gasteiger partial charge in [-0.05, 0) is 41.9 Å². The standard InChI is InChI=1S/C12H12BrN3O/c1-7-6-15-8(2)12(16-7)17-11-9(13)4-3-5-10(11)14/h3-6H,14H2,1-2H3. The quantitative estimate of drug-likeness (QED) is 0.864. The van der Waals surface area contributed by atoms with Crippen molar-refractivity contribution >= 4 is 21.6 Å². The number of nitrogens with two attached hydrogens (primary N) is 1. The summed E-state index contributed by atoms with van der Waals surface area (Å²) in [6.07, 6.45) is 1.70. The van der Waals surface area contributed by atoms with E-state index in [2.05, 4.69) is 25.9 Å². The van der Waals surface area contributed by atoms with E-state index in [0.717, 1.165) is 15.9 Å². The van der Waals surface area contributed by atoms with Crippen molar-refractivity contribution in [2.45, 2.75) is 13.8 Å². The van der Waals surface area contributed by atoms with E-state index in [1.807, 2.05) is 26.0 Å². The highest BCUT2D eigenvalue weighted by atomic mass is 79.9. The molecule has 0 radical (unpaired) electrons. The largest absolute Gasteiger partial charge is 0.434 e. The molecular formula is C12H12BrN3O. The predicted molar refractivity (Wildman–Crippen MR) is 70.1 cm³/mol. The summed E-state index contributed by atoms with van der Waals surface area (Å²) in [6.45, 7) is 3.71. The molecule has 2 aromatic rings. The van der Waals surface area contributed by atoms with Gasteiger partial charge in [-0.25, -0.2) is 4.98 Å². The monoisotopic (exact) mass is 293 g/mol. The van der Waals surface area contributed by atoms with Crippen molar-refractivity contribution in [3.8, 4) is 11.6 Å². The third kappa shape index (κ3) is 2.55. The fourth-order valence-corrected chi connectivity index (χ4v) is 1.80. The Morgan fingerprint density at radius 2 is 2.06 bits per heavy atom. The number of ether oxygens (including phenoxy) is 1. The summed E-state index contributed by atoms with van der Waals surface area (Å²) in [5, 5.41) is 0. The lowest BCUT2D eigenvalue weighted by Gasteiger charge is -2.11. The molecule has 0 aliphatic carbocycles. The molecule has 1 aromatic carbocycles. The number of nitrogens with zero attached hydrogens (tertiary/aromatic N) is 2. The highest BCUT2D eigenvalue weighted by molar-refractivity contribution is 9.10. The van der Waals surface area contributed by atoms with E-state index < -0.39 is 0 Å². The van der Waals surface area contributed by atoms with Gasteiger partial charge in [-0.3, -0.25) is 4.98 Å². The van der Waals surface area contributed by atoms with Crippen molar-refractivity contribution in [3.05, 3.63) is 40.3 Å². The molecule has 88 valence electrons. The molecule has 0 aliphatic rings. The van der Waals surface area contributed by atoms with E-state index in [4.69, 9.17) is 10.5 Å². The number of hydrogen-bond acceptors (Lipinski definition) is 4. The lowest BCUT2D eigenvalue weighted by atomic mass is 10.3. The van der Waals surface area contributed by atoms with Crippen molar-refractivity contribution in [3.63, 3.8) is 0 Å². The molecule has 1 heterocycles. The minimum atomic E-state index is 0.476. The van der Waals surface area contributed by atoms with E-state index in [-0.39, 0.29) is 0 Å². The summed E-state index contributed by atoms with van der Waals surface area (Å²) in [4.78, 5) is 8.48. The van der Waals surface area contributed by atoms with Crippen LogP contribution in [-0.4, -0.2) is 9.97 Å². The molecule has 0 amide bonds. The Morgan fingerprint density at radius 3 is 2.76 bits per heavy atom. The first-order chi connectivity index (χ1) is 8.08. The minimum absolute atomic E-state index is 0.476. The molecule has 0 aliphatic heterocycles. The number of anilines is 1. The van der Waals surface area contributed by atoms with E-state index >= 15 is 0 Å². The molecule has 2 rings (SSSR count). The van der Waals surface area contributed by atoms with Gasteiger partial charge in [0.25, 0.3) is 0 Å². The van der Waals surface area contributed by atoms with Crippen LogP contribution in [0, 0.1) is 13.8 Å². The highest BCUT2D eigenvalue weighted by Crippen LogP contribution is 2.34. The van der Waals surface area contributed by atoms with Crippen molar-refractivity contribution in [2.75, 3.05) is 5.73 Å². The van der Waals surface area contributed by atoms with Crippen LogP contribution in [0.3, 0.4) is 0 Å². The summed E-state index contributed by atoms with van der Waals surface area (Å²) in [5.74, 6) is 1.04. The van der Waals surface area contributed by atoms with Gasteiger partial charge < -0.3 is 10.5 Å². The van der Waals surface area contributed by atoms with E-state index in [0.29, 0.717) is 17.3 Å². The van der Waals surface area contributed by atoms with Crippen LogP contribution in [0.1, 0.15) is 11.4 Å². The third-order valence-electron chi connectivity index (χ3n) is 2.23. The molecule has 0 unspecified atom stereocenters. The Morgan fingerprint density at radius 1 is 1.29 bits per heavy atom. The van der Waals surface area contributed by atoms with Crippen molar-refractivity contribution in [1.29, 1.82) is 0 Å². The third-order valence-corrected chi connectivity index (χ3v) is 2.85. The summed E-state index contributed by atoms with van der Waals surface area (Å²) >= 11 is 3.39. The van der Waals surface area contributed by atoms with Crippen LogP contribution in [0.25, 0.3) is 0 Å². The van der Waals surface area contributed by atoms with Crippen molar-refractivity contribution in [2.24, 2.45) is 0 Å². The molecule has 1 aromatic heterocycles. The summed E-state index contributed by atoms with van der Waals surface area (Å²) in [6, 6.07) is 5.49. The second kappa shape index (κ2) is 4.71. The molecular weight excluding hydrogens is 282 g/mol. The number of aromatic nitrogens is 2. The molecule has 2 N–H and O–H groups in total. The van der Waals surface area contributed by atoms with Gasteiger partial charge in [0.2, 0.25) is 5.88 Å². The zero-order valence-corrected chi connectivity index (χ0v) is 11.2. The van der Waals surface area contributed by atoms with Crippen LogP contribution in [0.4, 0.5) is 5.69 Å². The second-order valence-electron chi connectivity index (χ2n) is 3.66. The second-order valence-corrected chi connectivity index (χ2v) is 4.52. The lowest BCUT2D eigenvalue weighted by Crippen LogP contribution is -1.98. The van der Waals surface area contributed by atoms with Gasteiger partial charge in [-0.2, -0.15) is 0 Å². The molecule has 17 heavy (non-hydrogen) atoms. The molecule has 0 saturated carbocycles. The van der Waals surface area contributed by atoms with E-state index in [1.54, 1.807) is 12.3 Å². The normalized spacial score (nSPS) is 10.3. The number of benzene rings is 1. The summed E-state index contributed by atoms with van der Waals surface area (Å²) < 4.78 is 6.50. The first kappa shape index (κ1) is 11.9. The van der Waals surface area contributed by atoms with E-state index in [9.17, 15) is 0 Å². The zero-order chi connectivity index (χ0) is 12.4. The van der Waals surface area contributed by atoms with Gasteiger partial charge in [0.15, 0.2) is 5.75 Å². The molecule has 4 nitrogen and oxygen atoms in total. The van der Waals surface area contributed by atoms with Crippen LogP contribution in [-0.2, 0) is 0 Å². The van der Waals surface area contributed by atoms with Crippen LogP contribution >= 0.6 is 15.9 Å². The molecule has 0 atom stereocenters. The smallest absolute Gasteiger partial charge is 0.241 e. The number of para-hydroxylation sites is 1. The topological polar surface area (TPSA) is 61.0 Å². The van der Waals surface area contributed by atoms with Crippen LogP contribution < -0.4 is 10.5 Å². The maximum Gasteiger partial charge on any atom is 0.241 e. The fourth-order valence-electron chi connectivity index (χ4n) is 1.34. The molecule has 0 bridgehead atoms. The Bertz CT molecular complexity index is 537. The SMILES string of the molecule is Cc1cnc(C)c(Oc2c(N)cccc2Br)n1. The van der Waals surface area contributed by atoms with Crippen molar-refractivity contribution < 1.29 is 4.74 Å². The summed E-state index contributed by atoms with van der Waals surface area (Å²) in [7, 11) is 0. The average molecular weight is 294 g/mol. The summed E-state index contributed by atoms with van der Waals surface area (Å²) in [5.41, 5.74) is 7.94. The van der Waals surface area contributed by atoms with Gasteiger partial charge in [-0.15, -0.1) is 0 Å². The Kier molecular flexibility index (Phi) is 3.28. The molecule has 0 spiro atoms. The Hall–Kier alpha value is -1.62. The van der Waals surface area contributed by atoms with Crippen LogP contribution in [0.2, 0.25) is 0 Å². The zero-order valence-electron chi connectivity index (χ0n) is 9.57. The van der Waals surface area contributed by atoms with E-state index in [1.165, 1.54) is 0 Å². The van der Waals surface area contributed by atoms with Gasteiger partial charge in [0.1, 0.15) is 0 Å². The number of hydrogen-bond donors (Lipinski definition) is 1. The Labute approximate surface area is 108 Å². The minimum Gasteiger partial charge on any atom is -0.434 e. The van der Waals surface area contributed by atoms with Gasteiger partial charge in [0, 0.05) is 6.20 Å². The van der Waals surface area contributed by atoms with Gasteiger partial charge >= 0.3 is 0 Å². The first-order valence-corrected chi connectivity index (χ1v) is 5.89. The number of nitrogen functional groups attached to an aromatic ring is 1. The van der Waals surface area contributed by atoms with Gasteiger partial charge in [-0.1, -0.05) is 6.07 Å². The molecule has 5 heteroatoms. The number of halogens is 1. The maximum atomic E-state index is 5.85. The average Bonchev–Trinajstić information content (AvgIpc) is 2.28. The first-order valence-electron chi connectivity index (χ1n) is 5.10. The predicted octanol–water partition coefficient (Wildman–Crippen LogP) is 3.23. The van der Waals surface area contributed by atoms with Gasteiger partial charge in [0.05, 0.1) is 21.5 Å². The maximum absolute atomic E-state index is 5.85. The Balaban J connectivity index is 2.41. The van der Waals surface area contributed by atoms with Crippen LogP contribution in [0.5, 0.6) is 11.6 Å². The highest BCUT2D eigenvalue weighted by Gasteiger charge is 2.10. The molecule has 0 saturated heterocycles. The lowest BCUT2D eigenvalue weighted by molar-refractivity contribution is 0.453. The number of aryl methyl sites for hydroxylation is 2. The fraction of sp³-hybridized carbons (Fsp3) is 0.167. The molecule has 0 fully saturated rings. The number of rotatable bonds is 2. The van der Waals surface area contributed by atoms with Crippen molar-refractivity contribution in [1.82, 2.24) is 9.97 Å². The van der Waals surface area contributed by atoms with Crippen LogP contribution in [0.15, 0.2) is 28.9 Å².